The third kappa shape index (κ3) is 1.52. The Morgan fingerprint density at radius 1 is 1.50 bits per heavy atom. The minimum Gasteiger partial charge on any atom is -0.496 e. The molecule has 0 unspecified atom stereocenters. The number of thiophene rings is 1. The zero-order valence-electron chi connectivity index (χ0n) is 7.41. The van der Waals surface area contributed by atoms with E-state index in [0.29, 0.717) is 11.3 Å². The molecule has 1 aromatic heterocycles. The van der Waals surface area contributed by atoms with Gasteiger partial charge in [0.2, 0.25) is 0 Å². The highest BCUT2D eigenvalue weighted by atomic mass is 127. The predicted octanol–water partition coefficient (Wildman–Crippen LogP) is 3.33. The summed E-state index contributed by atoms with van der Waals surface area (Å²) in [6.07, 6.45) is 0.855. The lowest BCUT2D eigenvalue weighted by atomic mass is 10.1. The predicted molar refractivity (Wildman–Crippen MR) is 66.5 cm³/mol. The maximum absolute atomic E-state index is 10.9. The molecule has 0 atom stereocenters. The van der Waals surface area contributed by atoms with E-state index in [0.717, 1.165) is 16.4 Å². The molecule has 2 nitrogen and oxygen atoms in total. The summed E-state index contributed by atoms with van der Waals surface area (Å²) in [5, 5.41) is 1.10. The first kappa shape index (κ1) is 9.92. The zero-order chi connectivity index (χ0) is 10.1. The lowest BCUT2D eigenvalue weighted by Gasteiger charge is -2.02. The molecule has 1 aromatic carbocycles. The number of methoxy groups -OCH3 is 1. The molecule has 0 saturated heterocycles. The van der Waals surface area contributed by atoms with E-state index in [9.17, 15) is 4.79 Å². The average molecular weight is 318 g/mol. The van der Waals surface area contributed by atoms with Crippen molar-refractivity contribution < 1.29 is 9.53 Å². The van der Waals surface area contributed by atoms with Crippen LogP contribution in [0, 0.1) is 2.88 Å². The van der Waals surface area contributed by atoms with Crippen molar-refractivity contribution in [3.05, 3.63) is 26.6 Å². The second kappa shape index (κ2) is 3.86. The van der Waals surface area contributed by atoms with Gasteiger partial charge in [-0.1, -0.05) is 0 Å². The fraction of sp³-hybridized carbons (Fsp3) is 0.100. The normalized spacial score (nSPS) is 10.4. The Hall–Kier alpha value is -0.620. The van der Waals surface area contributed by atoms with Crippen LogP contribution in [-0.2, 0) is 0 Å². The summed E-state index contributed by atoms with van der Waals surface area (Å²) >= 11 is 3.86. The summed E-state index contributed by atoms with van der Waals surface area (Å²) in [5.74, 6) is 0.644. The summed E-state index contributed by atoms with van der Waals surface area (Å²) in [6.45, 7) is 0. The maximum Gasteiger partial charge on any atom is 0.155 e. The van der Waals surface area contributed by atoms with Crippen LogP contribution >= 0.6 is 33.9 Å². The smallest absolute Gasteiger partial charge is 0.155 e. The highest BCUT2D eigenvalue weighted by Crippen LogP contribution is 2.33. The lowest BCUT2D eigenvalue weighted by Crippen LogP contribution is -1.89. The van der Waals surface area contributed by atoms with Crippen molar-refractivity contribution in [2.24, 2.45) is 0 Å². The van der Waals surface area contributed by atoms with Gasteiger partial charge in [-0.2, -0.15) is 0 Å². The van der Waals surface area contributed by atoms with Crippen molar-refractivity contribution in [1.82, 2.24) is 0 Å². The Balaban J connectivity index is 2.82. The van der Waals surface area contributed by atoms with Gasteiger partial charge in [-0.15, -0.1) is 11.3 Å². The van der Waals surface area contributed by atoms with E-state index in [1.54, 1.807) is 18.4 Å². The number of aldehydes is 1. The van der Waals surface area contributed by atoms with Crippen molar-refractivity contribution in [3.63, 3.8) is 0 Å². The first-order chi connectivity index (χ1) is 6.76. The standard InChI is InChI=1S/C10H7IO2S/c1-13-8-3-2-6-4-9(11)14-10(6)7(8)5-12/h2-5H,1H3. The fourth-order valence-electron chi connectivity index (χ4n) is 1.36. The van der Waals surface area contributed by atoms with Gasteiger partial charge in [0.1, 0.15) is 5.75 Å². The third-order valence-corrected chi connectivity index (χ3v) is 3.94. The highest BCUT2D eigenvalue weighted by Gasteiger charge is 2.09. The first-order valence-electron chi connectivity index (χ1n) is 3.97. The molecule has 1 heterocycles. The molecule has 0 bridgehead atoms. The molecule has 72 valence electrons. The maximum atomic E-state index is 10.9. The average Bonchev–Trinajstić information content (AvgIpc) is 2.56. The summed E-state index contributed by atoms with van der Waals surface area (Å²) < 4.78 is 7.30. The monoisotopic (exact) mass is 318 g/mol. The van der Waals surface area contributed by atoms with Crippen LogP contribution in [0.4, 0.5) is 0 Å². The summed E-state index contributed by atoms with van der Waals surface area (Å²) in [5.41, 5.74) is 0.651. The molecule has 0 fully saturated rings. The molecule has 4 heteroatoms. The lowest BCUT2D eigenvalue weighted by molar-refractivity contribution is 0.112. The minimum absolute atomic E-state index is 0.644. The zero-order valence-corrected chi connectivity index (χ0v) is 10.4. The highest BCUT2D eigenvalue weighted by molar-refractivity contribution is 14.1. The number of carbonyl (C=O) groups is 1. The van der Waals surface area contributed by atoms with Crippen molar-refractivity contribution >= 4 is 50.3 Å². The fourth-order valence-corrected chi connectivity index (χ4v) is 3.25. The minimum atomic E-state index is 0.644. The van der Waals surface area contributed by atoms with Gasteiger partial charge in [-0.3, -0.25) is 4.79 Å². The van der Waals surface area contributed by atoms with Crippen molar-refractivity contribution in [1.29, 1.82) is 0 Å². The van der Waals surface area contributed by atoms with Gasteiger partial charge in [0.05, 0.1) is 15.6 Å². The van der Waals surface area contributed by atoms with E-state index in [1.807, 2.05) is 12.1 Å². The molecule has 2 aromatic rings. The van der Waals surface area contributed by atoms with Gasteiger partial charge >= 0.3 is 0 Å². The van der Waals surface area contributed by atoms with E-state index in [1.165, 1.54) is 2.88 Å². The molecule has 0 aliphatic carbocycles. The Morgan fingerprint density at radius 3 is 2.93 bits per heavy atom. The number of halogens is 1. The number of hydrogen-bond donors (Lipinski definition) is 0. The van der Waals surface area contributed by atoms with Gasteiger partial charge in [-0.25, -0.2) is 0 Å². The van der Waals surface area contributed by atoms with E-state index in [2.05, 4.69) is 28.7 Å². The number of fused-ring (bicyclic) bond motifs is 1. The molecule has 0 radical (unpaired) electrons. The molecule has 0 N–H and O–H groups in total. The van der Waals surface area contributed by atoms with Crippen molar-refractivity contribution in [2.75, 3.05) is 7.11 Å². The number of hydrogen-bond acceptors (Lipinski definition) is 3. The molecule has 0 amide bonds. The van der Waals surface area contributed by atoms with Crippen LogP contribution < -0.4 is 4.74 Å². The Labute approximate surface area is 99.0 Å². The largest absolute Gasteiger partial charge is 0.496 e. The first-order valence-corrected chi connectivity index (χ1v) is 5.87. The number of benzene rings is 1. The molecule has 0 spiro atoms. The Morgan fingerprint density at radius 2 is 2.29 bits per heavy atom. The van der Waals surface area contributed by atoms with Crippen LogP contribution in [0.3, 0.4) is 0 Å². The third-order valence-electron chi connectivity index (χ3n) is 1.99. The molecular formula is C10H7IO2S. The van der Waals surface area contributed by atoms with Crippen LogP contribution in [0.1, 0.15) is 10.4 Å². The van der Waals surface area contributed by atoms with Crippen LogP contribution in [0.25, 0.3) is 10.1 Å². The molecule has 2 rings (SSSR count). The van der Waals surface area contributed by atoms with E-state index >= 15 is 0 Å². The molecule has 0 aliphatic heterocycles. The Kier molecular flexibility index (Phi) is 2.73. The van der Waals surface area contributed by atoms with Crippen LogP contribution in [0.5, 0.6) is 5.75 Å². The number of ether oxygens (including phenoxy) is 1. The van der Waals surface area contributed by atoms with Crippen LogP contribution in [0.2, 0.25) is 0 Å². The van der Waals surface area contributed by atoms with Gasteiger partial charge in [0.15, 0.2) is 6.29 Å². The SMILES string of the molecule is COc1ccc2cc(I)sc2c1C=O. The quantitative estimate of drug-likeness (QED) is 0.627. The van der Waals surface area contributed by atoms with E-state index in [-0.39, 0.29) is 0 Å². The second-order valence-corrected chi connectivity index (χ2v) is 5.71. The topological polar surface area (TPSA) is 26.3 Å². The van der Waals surface area contributed by atoms with Gasteiger partial charge in [0.25, 0.3) is 0 Å². The van der Waals surface area contributed by atoms with Gasteiger partial charge in [-0.05, 0) is 46.2 Å². The molecule has 0 saturated carbocycles. The number of carbonyl (C=O) groups excluding carboxylic acids is 1. The molecule has 0 aliphatic rings. The second-order valence-electron chi connectivity index (χ2n) is 2.77. The van der Waals surface area contributed by atoms with Gasteiger partial charge in [0, 0.05) is 4.70 Å². The van der Waals surface area contributed by atoms with E-state index < -0.39 is 0 Å². The number of rotatable bonds is 2. The summed E-state index contributed by atoms with van der Waals surface area (Å²) in [7, 11) is 1.58. The van der Waals surface area contributed by atoms with Crippen molar-refractivity contribution in [2.45, 2.75) is 0 Å². The Bertz CT molecular complexity index is 490. The van der Waals surface area contributed by atoms with Crippen LogP contribution in [0.15, 0.2) is 18.2 Å². The molecular weight excluding hydrogens is 311 g/mol. The van der Waals surface area contributed by atoms with E-state index in [4.69, 9.17) is 4.74 Å². The van der Waals surface area contributed by atoms with Crippen LogP contribution in [-0.4, -0.2) is 13.4 Å². The molecule has 14 heavy (non-hydrogen) atoms. The summed E-state index contributed by atoms with van der Waals surface area (Å²) in [4.78, 5) is 10.9. The summed E-state index contributed by atoms with van der Waals surface area (Å²) in [6, 6.07) is 5.86. The van der Waals surface area contributed by atoms with Crippen molar-refractivity contribution in [3.8, 4) is 5.75 Å². The van der Waals surface area contributed by atoms with Gasteiger partial charge < -0.3 is 4.74 Å².